The molecule has 0 spiro atoms. The largest absolute Gasteiger partial charge is 0.343 e. The van der Waals surface area contributed by atoms with E-state index < -0.39 is 0 Å². The highest BCUT2D eigenvalue weighted by Crippen LogP contribution is 2.37. The molecule has 0 saturated carbocycles. The van der Waals surface area contributed by atoms with Gasteiger partial charge >= 0.3 is 0 Å². The molecule has 46 heavy (non-hydrogen) atoms. The first-order valence-corrected chi connectivity index (χ1v) is 19.7. The maximum atomic E-state index is 14.3. The van der Waals surface area contributed by atoms with Gasteiger partial charge in [0.15, 0.2) is 10.9 Å². The highest BCUT2D eigenvalue weighted by Gasteiger charge is 2.19. The Morgan fingerprint density at radius 1 is 0.457 bits per heavy atom. The van der Waals surface area contributed by atoms with Gasteiger partial charge in [0.2, 0.25) is 0 Å². The number of rotatable bonds is 6. The van der Waals surface area contributed by atoms with Crippen LogP contribution in [0.25, 0.3) is 65.9 Å². The Morgan fingerprint density at radius 3 is 1.13 bits per heavy atom. The van der Waals surface area contributed by atoms with Gasteiger partial charge in [-0.3, -0.25) is 9.59 Å². The van der Waals surface area contributed by atoms with Crippen LogP contribution in [0.3, 0.4) is 0 Å². The zero-order valence-corrected chi connectivity index (χ0v) is 29.7. The highest BCUT2D eigenvalue weighted by molar-refractivity contribution is 7.99. The number of aryl methyl sites for hydroxylation is 2. The van der Waals surface area contributed by atoms with Crippen molar-refractivity contribution in [1.29, 1.82) is 0 Å². The maximum absolute atomic E-state index is 14.3. The molecule has 2 aromatic heterocycles. The van der Waals surface area contributed by atoms with Gasteiger partial charge in [0.25, 0.3) is 0 Å². The summed E-state index contributed by atoms with van der Waals surface area (Å²) < 4.78 is 4.17. The highest BCUT2D eigenvalue weighted by atomic mass is 32.2. The third kappa shape index (κ3) is 4.98. The molecule has 0 unspecified atom stereocenters. The molecule has 0 fully saturated rings. The summed E-state index contributed by atoms with van der Waals surface area (Å²) in [5.74, 6) is 0. The van der Waals surface area contributed by atoms with Gasteiger partial charge in [-0.05, 0) is 96.8 Å². The predicted octanol–water partition coefficient (Wildman–Crippen LogP) is 9.92. The molecule has 7 aromatic rings. The smallest absolute Gasteiger partial charge is 0.197 e. The topological polar surface area (TPSA) is 44.0 Å². The third-order valence-corrected chi connectivity index (χ3v) is 11.7. The molecule has 0 atom stereocenters. The van der Waals surface area contributed by atoms with Gasteiger partial charge in [-0.2, -0.15) is 0 Å². The zero-order chi connectivity index (χ0) is 32.3. The van der Waals surface area contributed by atoms with Crippen molar-refractivity contribution in [3.05, 3.63) is 105 Å². The molecule has 2 heterocycles. The van der Waals surface area contributed by atoms with E-state index in [-0.39, 0.29) is 10.9 Å². The quantitative estimate of drug-likeness (QED) is 0.129. The van der Waals surface area contributed by atoms with Crippen LogP contribution in [0.2, 0.25) is 0 Å². The second-order valence-electron chi connectivity index (χ2n) is 11.3. The summed E-state index contributed by atoms with van der Waals surface area (Å²) in [4.78, 5) is 33.3. The van der Waals surface area contributed by atoms with Crippen molar-refractivity contribution >= 4 is 90.7 Å². The van der Waals surface area contributed by atoms with Crippen molar-refractivity contribution < 1.29 is 0 Å². The van der Waals surface area contributed by atoms with Crippen LogP contribution in [0.5, 0.6) is 0 Å². The number of benzene rings is 5. The molecule has 0 aliphatic heterocycles. The van der Waals surface area contributed by atoms with E-state index in [0.29, 0.717) is 21.5 Å². The summed E-state index contributed by atoms with van der Waals surface area (Å²) in [6.07, 6.45) is 8.32. The molecule has 0 radical (unpaired) electrons. The van der Waals surface area contributed by atoms with Gasteiger partial charge in [0, 0.05) is 66.3 Å². The van der Waals surface area contributed by atoms with E-state index in [9.17, 15) is 9.59 Å². The van der Waals surface area contributed by atoms with Crippen LogP contribution in [0.1, 0.15) is 0 Å². The van der Waals surface area contributed by atoms with Gasteiger partial charge in [-0.15, -0.1) is 47.0 Å². The van der Waals surface area contributed by atoms with Crippen molar-refractivity contribution in [2.24, 2.45) is 14.1 Å². The fraction of sp³-hybridized carbons (Fsp3) is 0.158. The molecule has 7 rings (SSSR count). The molecular weight excluding hydrogens is 645 g/mol. The monoisotopic (exact) mass is 676 g/mol. The van der Waals surface area contributed by atoms with Crippen molar-refractivity contribution in [3.63, 3.8) is 0 Å². The van der Waals surface area contributed by atoms with Gasteiger partial charge in [0.1, 0.15) is 0 Å². The first kappa shape index (κ1) is 31.1. The zero-order valence-electron chi connectivity index (χ0n) is 26.4. The van der Waals surface area contributed by atoms with Crippen LogP contribution in [-0.4, -0.2) is 34.2 Å². The maximum Gasteiger partial charge on any atom is 0.197 e. The lowest BCUT2D eigenvalue weighted by atomic mass is 9.97. The minimum atomic E-state index is -0.0314. The van der Waals surface area contributed by atoms with Crippen LogP contribution in [0.4, 0.5) is 0 Å². The molecule has 0 saturated heterocycles. The molecule has 0 aliphatic carbocycles. The van der Waals surface area contributed by atoms with E-state index in [1.165, 1.54) is 19.6 Å². The number of hydrogen-bond donors (Lipinski definition) is 0. The van der Waals surface area contributed by atoms with Crippen LogP contribution < -0.4 is 10.9 Å². The summed E-state index contributed by atoms with van der Waals surface area (Å²) in [6.45, 7) is 0. The molecule has 0 N–H and O–H groups in total. The molecule has 0 amide bonds. The van der Waals surface area contributed by atoms with Gasteiger partial charge < -0.3 is 9.13 Å². The normalized spacial score (nSPS) is 11.8. The van der Waals surface area contributed by atoms with E-state index in [4.69, 9.17) is 0 Å². The summed E-state index contributed by atoms with van der Waals surface area (Å²) in [7, 11) is 4.00. The Balaban J connectivity index is 1.56. The Morgan fingerprint density at radius 2 is 0.804 bits per heavy atom. The van der Waals surface area contributed by atoms with Crippen molar-refractivity contribution in [3.8, 4) is 22.3 Å². The number of aromatic nitrogens is 2. The minimum Gasteiger partial charge on any atom is -0.343 e. The third-order valence-electron chi connectivity index (χ3n) is 8.88. The summed E-state index contributed by atoms with van der Waals surface area (Å²) in [6, 6.07) is 28.9. The van der Waals surface area contributed by atoms with Gasteiger partial charge in [0.05, 0.1) is 22.1 Å². The minimum absolute atomic E-state index is 0.0314. The van der Waals surface area contributed by atoms with Crippen LogP contribution in [0.15, 0.2) is 114 Å². The van der Waals surface area contributed by atoms with E-state index in [0.717, 1.165) is 44.3 Å². The Bertz CT molecular complexity index is 2280. The van der Waals surface area contributed by atoms with Crippen LogP contribution in [-0.2, 0) is 14.1 Å². The number of pyridine rings is 2. The molecule has 4 nitrogen and oxygen atoms in total. The summed E-state index contributed by atoms with van der Waals surface area (Å²) in [5.41, 5.74) is 7.29. The molecule has 0 bridgehead atoms. The Hall–Kier alpha value is -3.56. The SMILES string of the molecule is CSc1cc(SC)cc(-c2cccc3c(=O)c4cc5c(cc4n(C)c23)c(=O)c2cccc(-c3cc(SC)cc(SC)c3)c2n5C)c1. The van der Waals surface area contributed by atoms with E-state index in [1.54, 1.807) is 47.0 Å². The lowest BCUT2D eigenvalue weighted by Gasteiger charge is -2.18. The van der Waals surface area contributed by atoms with Gasteiger partial charge in [-0.1, -0.05) is 24.3 Å². The number of para-hydroxylation sites is 2. The van der Waals surface area contributed by atoms with Gasteiger partial charge in [-0.25, -0.2) is 0 Å². The fourth-order valence-electron chi connectivity index (χ4n) is 6.59. The fourth-order valence-corrected chi connectivity index (χ4v) is 8.70. The molecule has 5 aromatic carbocycles. The first-order chi connectivity index (χ1) is 22.3. The molecule has 8 heteroatoms. The summed E-state index contributed by atoms with van der Waals surface area (Å²) in [5, 5.41) is 2.53. The first-order valence-electron chi connectivity index (χ1n) is 14.8. The standard InChI is InChI=1S/C38H32N2O2S4/c1-39-33-19-32-34(40(2)36-28(10-8-12-30(36)38(32)42)22-15-25(45-5)18-26(16-22)46-6)20-31(33)37(41)29-11-7-9-27(35(29)39)21-13-23(43-3)17-24(14-21)44-4/h7-20H,1-6H3. The average molecular weight is 677 g/mol. The predicted molar refractivity (Wildman–Crippen MR) is 205 cm³/mol. The van der Waals surface area contributed by atoms with Crippen LogP contribution >= 0.6 is 47.0 Å². The lowest BCUT2D eigenvalue weighted by molar-refractivity contribution is 0.994. The van der Waals surface area contributed by atoms with Crippen molar-refractivity contribution in [1.82, 2.24) is 9.13 Å². The van der Waals surface area contributed by atoms with Crippen molar-refractivity contribution in [2.45, 2.75) is 19.6 Å². The lowest BCUT2D eigenvalue weighted by Crippen LogP contribution is -2.14. The Kier molecular flexibility index (Phi) is 8.26. The summed E-state index contributed by atoms with van der Waals surface area (Å²) >= 11 is 6.84. The number of fused-ring (bicyclic) bond motifs is 4. The molecule has 0 aliphatic rings. The second-order valence-corrected chi connectivity index (χ2v) is 14.8. The van der Waals surface area contributed by atoms with Crippen molar-refractivity contribution in [2.75, 3.05) is 25.0 Å². The number of nitrogens with zero attached hydrogens (tertiary/aromatic N) is 2. The number of thioether (sulfide) groups is 4. The van der Waals surface area contributed by atoms with E-state index >= 15 is 0 Å². The van der Waals surface area contributed by atoms with Crippen LogP contribution in [0, 0.1) is 0 Å². The Labute approximate surface area is 284 Å². The van der Waals surface area contributed by atoms with E-state index in [2.05, 4.69) is 82.7 Å². The average Bonchev–Trinajstić information content (AvgIpc) is 3.11. The number of hydrogen-bond acceptors (Lipinski definition) is 6. The van der Waals surface area contributed by atoms with E-state index in [1.807, 2.05) is 50.5 Å². The second kappa shape index (κ2) is 12.2. The molecule has 230 valence electrons. The molecular formula is C38H32N2O2S4.